The molecule has 0 amide bonds. The van der Waals surface area contributed by atoms with E-state index in [4.69, 9.17) is 9.32 Å². The molecule has 0 saturated carbocycles. The number of aromatic nitrogens is 4. The first-order valence-corrected chi connectivity index (χ1v) is 10.8. The van der Waals surface area contributed by atoms with Gasteiger partial charge in [0.2, 0.25) is 0 Å². The molecule has 0 aliphatic rings. The van der Waals surface area contributed by atoms with Crippen molar-refractivity contribution in [1.82, 2.24) is 19.7 Å². The van der Waals surface area contributed by atoms with Crippen molar-refractivity contribution in [1.29, 1.82) is 0 Å². The number of benzene rings is 2. The van der Waals surface area contributed by atoms with Gasteiger partial charge < -0.3 is 9.88 Å². The van der Waals surface area contributed by atoms with Crippen LogP contribution in [0.25, 0.3) is 33.4 Å². The number of imidazole rings is 1. The Morgan fingerprint density at radius 1 is 0.969 bits per heavy atom. The standard InChI is InChI=1S/C24H21N5O2S/c1-28(2)19-10-8-17(9-11-19)18-12-21-22(23-14-25-16-27-23)15-29(24(21)26-13-18)30-31-32-20-6-4-3-5-7-20/h3-16H,1-2H3,(H,25,27). The van der Waals surface area contributed by atoms with Crippen LogP contribution in [0.1, 0.15) is 0 Å². The molecule has 160 valence electrons. The molecule has 0 fully saturated rings. The highest BCUT2D eigenvalue weighted by atomic mass is 32.2. The summed E-state index contributed by atoms with van der Waals surface area (Å²) < 4.78 is 6.92. The van der Waals surface area contributed by atoms with Gasteiger partial charge in [0, 0.05) is 53.6 Å². The molecule has 0 spiro atoms. The summed E-state index contributed by atoms with van der Waals surface area (Å²) >= 11 is 1.14. The molecule has 32 heavy (non-hydrogen) atoms. The maximum atomic E-state index is 5.56. The van der Waals surface area contributed by atoms with Crippen molar-refractivity contribution in [3.63, 3.8) is 0 Å². The number of anilines is 1. The molecule has 3 heterocycles. The third-order valence-electron chi connectivity index (χ3n) is 5.09. The zero-order valence-electron chi connectivity index (χ0n) is 17.6. The number of H-pyrrole nitrogens is 1. The minimum absolute atomic E-state index is 0.644. The molecule has 0 bridgehead atoms. The highest BCUT2D eigenvalue weighted by molar-refractivity contribution is 7.94. The van der Waals surface area contributed by atoms with Gasteiger partial charge in [-0.15, -0.1) is 4.73 Å². The van der Waals surface area contributed by atoms with Crippen molar-refractivity contribution in [2.24, 2.45) is 0 Å². The molecule has 3 aromatic heterocycles. The third-order valence-corrected chi connectivity index (χ3v) is 5.68. The zero-order chi connectivity index (χ0) is 21.9. The molecule has 0 radical (unpaired) electrons. The summed E-state index contributed by atoms with van der Waals surface area (Å²) in [5.74, 6) is 0. The van der Waals surface area contributed by atoms with E-state index in [1.807, 2.05) is 63.0 Å². The van der Waals surface area contributed by atoms with Crippen LogP contribution in [0.3, 0.4) is 0 Å². The summed E-state index contributed by atoms with van der Waals surface area (Å²) in [5.41, 5.74) is 5.58. The van der Waals surface area contributed by atoms with Gasteiger partial charge in [-0.25, -0.2) is 15.0 Å². The second-order valence-corrected chi connectivity index (χ2v) is 8.17. The predicted molar refractivity (Wildman–Crippen MR) is 127 cm³/mol. The molecule has 0 aliphatic heterocycles. The Morgan fingerprint density at radius 3 is 2.50 bits per heavy atom. The number of hydrogen-bond donors (Lipinski definition) is 1. The van der Waals surface area contributed by atoms with Crippen LogP contribution in [0.15, 0.2) is 90.5 Å². The molecular weight excluding hydrogens is 422 g/mol. The summed E-state index contributed by atoms with van der Waals surface area (Å²) in [4.78, 5) is 20.7. The van der Waals surface area contributed by atoms with Gasteiger partial charge in [0.1, 0.15) is 0 Å². The van der Waals surface area contributed by atoms with Crippen LogP contribution in [-0.4, -0.2) is 33.8 Å². The maximum Gasteiger partial charge on any atom is 0.179 e. The van der Waals surface area contributed by atoms with Crippen LogP contribution in [-0.2, 0) is 4.33 Å². The number of nitrogens with zero attached hydrogens (tertiary/aromatic N) is 4. The first kappa shape index (κ1) is 20.2. The van der Waals surface area contributed by atoms with Gasteiger partial charge in [-0.05, 0) is 35.9 Å². The summed E-state index contributed by atoms with van der Waals surface area (Å²) in [6.45, 7) is 0. The Bertz CT molecular complexity index is 1320. The summed E-state index contributed by atoms with van der Waals surface area (Å²) in [6.07, 6.45) is 7.17. The van der Waals surface area contributed by atoms with Gasteiger partial charge in [-0.2, -0.15) is 0 Å². The lowest BCUT2D eigenvalue weighted by Gasteiger charge is -2.12. The van der Waals surface area contributed by atoms with Gasteiger partial charge in [0.05, 0.1) is 30.3 Å². The van der Waals surface area contributed by atoms with Crippen LogP contribution in [0, 0.1) is 0 Å². The van der Waals surface area contributed by atoms with Crippen molar-refractivity contribution < 1.29 is 9.32 Å². The average Bonchev–Trinajstić information content (AvgIpc) is 3.48. The molecule has 0 atom stereocenters. The van der Waals surface area contributed by atoms with Crippen molar-refractivity contribution >= 4 is 28.8 Å². The van der Waals surface area contributed by atoms with E-state index in [-0.39, 0.29) is 0 Å². The largest absolute Gasteiger partial charge is 0.378 e. The lowest BCUT2D eigenvalue weighted by Crippen LogP contribution is -2.08. The number of nitrogens with one attached hydrogen (secondary N) is 1. The monoisotopic (exact) mass is 443 g/mol. The van der Waals surface area contributed by atoms with Crippen molar-refractivity contribution in [3.8, 4) is 22.4 Å². The molecule has 0 aliphatic carbocycles. The van der Waals surface area contributed by atoms with Gasteiger partial charge in [0.15, 0.2) is 5.65 Å². The van der Waals surface area contributed by atoms with E-state index in [0.29, 0.717) is 5.65 Å². The Hall–Kier alpha value is -3.75. The summed E-state index contributed by atoms with van der Waals surface area (Å²) in [6, 6.07) is 20.2. The van der Waals surface area contributed by atoms with Gasteiger partial charge in [-0.3, -0.25) is 0 Å². The Kier molecular flexibility index (Phi) is 5.53. The van der Waals surface area contributed by atoms with E-state index in [9.17, 15) is 0 Å². The van der Waals surface area contributed by atoms with E-state index in [1.54, 1.807) is 6.33 Å². The van der Waals surface area contributed by atoms with Crippen LogP contribution < -0.4 is 9.89 Å². The minimum atomic E-state index is 0.644. The topological polar surface area (TPSA) is 68.2 Å². The molecule has 8 heteroatoms. The molecular formula is C24H21N5O2S. The molecule has 1 N–H and O–H groups in total. The average molecular weight is 444 g/mol. The molecule has 5 rings (SSSR count). The van der Waals surface area contributed by atoms with Crippen LogP contribution >= 0.6 is 12.0 Å². The Labute approximate surface area is 189 Å². The second kappa shape index (κ2) is 8.78. The van der Waals surface area contributed by atoms with E-state index >= 15 is 0 Å². The fourth-order valence-corrected chi connectivity index (χ4v) is 3.86. The van der Waals surface area contributed by atoms with Gasteiger partial charge in [0.25, 0.3) is 0 Å². The smallest absolute Gasteiger partial charge is 0.179 e. The molecule has 5 aromatic rings. The fraction of sp³-hybridized carbons (Fsp3) is 0.0833. The zero-order valence-corrected chi connectivity index (χ0v) is 18.4. The number of aromatic amines is 1. The number of pyridine rings is 1. The van der Waals surface area contributed by atoms with Gasteiger partial charge >= 0.3 is 0 Å². The van der Waals surface area contributed by atoms with Crippen LogP contribution in [0.2, 0.25) is 0 Å². The highest BCUT2D eigenvalue weighted by Gasteiger charge is 2.16. The van der Waals surface area contributed by atoms with Gasteiger partial charge in [-0.1, -0.05) is 34.7 Å². The minimum Gasteiger partial charge on any atom is -0.378 e. The Balaban J connectivity index is 1.48. The van der Waals surface area contributed by atoms with Crippen molar-refractivity contribution in [2.75, 3.05) is 19.0 Å². The summed E-state index contributed by atoms with van der Waals surface area (Å²) in [7, 11) is 4.05. The lowest BCUT2D eigenvalue weighted by atomic mass is 10.0. The first-order chi connectivity index (χ1) is 15.7. The first-order valence-electron chi connectivity index (χ1n) is 10.0. The lowest BCUT2D eigenvalue weighted by molar-refractivity contribution is -0.188. The molecule has 7 nitrogen and oxygen atoms in total. The van der Waals surface area contributed by atoms with Crippen LogP contribution in [0.5, 0.6) is 0 Å². The molecule has 2 aromatic carbocycles. The maximum absolute atomic E-state index is 5.56. The van der Waals surface area contributed by atoms with E-state index < -0.39 is 0 Å². The number of rotatable bonds is 7. The van der Waals surface area contributed by atoms with Crippen molar-refractivity contribution in [3.05, 3.63) is 85.6 Å². The third kappa shape index (κ3) is 4.05. The fourth-order valence-electron chi connectivity index (χ4n) is 3.42. The highest BCUT2D eigenvalue weighted by Crippen LogP contribution is 2.32. The number of fused-ring (bicyclic) bond motifs is 1. The van der Waals surface area contributed by atoms with E-state index in [0.717, 1.165) is 50.4 Å². The predicted octanol–water partition coefficient (Wildman–Crippen LogP) is 5.23. The number of hydrogen-bond acceptors (Lipinski definition) is 6. The summed E-state index contributed by atoms with van der Waals surface area (Å²) in [5, 5.41) is 0.916. The van der Waals surface area contributed by atoms with E-state index in [1.165, 1.54) is 4.73 Å². The van der Waals surface area contributed by atoms with Crippen LogP contribution in [0.4, 0.5) is 5.69 Å². The molecule has 0 saturated heterocycles. The Morgan fingerprint density at radius 2 is 1.78 bits per heavy atom. The normalized spacial score (nSPS) is 11.1. The van der Waals surface area contributed by atoms with E-state index in [2.05, 4.69) is 50.2 Å². The second-order valence-electron chi connectivity index (χ2n) is 7.40. The quantitative estimate of drug-likeness (QED) is 0.211. The van der Waals surface area contributed by atoms with Crippen molar-refractivity contribution in [2.45, 2.75) is 4.90 Å². The molecule has 0 unspecified atom stereocenters. The SMILES string of the molecule is CN(C)c1ccc(-c2cnc3c(c2)c(-c2c[nH]cn2)cn3OOSc2ccccc2)cc1.